The summed E-state index contributed by atoms with van der Waals surface area (Å²) in [5.41, 5.74) is 0.913. The Morgan fingerprint density at radius 1 is 1.26 bits per heavy atom. The van der Waals surface area contributed by atoms with E-state index in [0.29, 0.717) is 17.5 Å². The number of hydrogen-bond acceptors (Lipinski definition) is 6. The van der Waals surface area contributed by atoms with Gasteiger partial charge >= 0.3 is 0 Å². The van der Waals surface area contributed by atoms with Gasteiger partial charge in [0.2, 0.25) is 5.91 Å². The SMILES string of the molecule is C=CCn1c(SCC(=O)Nc2ccnn2C(C)C)nnc1-c1ccncc1. The number of carbonyl (C=O) groups is 1. The third-order valence-corrected chi connectivity index (χ3v) is 4.69. The highest BCUT2D eigenvalue weighted by atomic mass is 32.2. The second-order valence-corrected chi connectivity index (χ2v) is 6.98. The molecule has 27 heavy (non-hydrogen) atoms. The molecule has 8 nitrogen and oxygen atoms in total. The molecule has 0 aromatic carbocycles. The molecule has 0 aliphatic carbocycles. The molecule has 1 N–H and O–H groups in total. The van der Waals surface area contributed by atoms with Gasteiger partial charge in [-0.15, -0.1) is 16.8 Å². The van der Waals surface area contributed by atoms with E-state index in [9.17, 15) is 4.79 Å². The maximum atomic E-state index is 12.3. The average molecular weight is 383 g/mol. The van der Waals surface area contributed by atoms with Crippen LogP contribution in [0.5, 0.6) is 0 Å². The van der Waals surface area contributed by atoms with Crippen LogP contribution in [0.3, 0.4) is 0 Å². The first-order valence-corrected chi connectivity index (χ1v) is 9.49. The molecule has 0 aliphatic rings. The molecule has 9 heteroatoms. The summed E-state index contributed by atoms with van der Waals surface area (Å²) in [6.07, 6.45) is 6.87. The van der Waals surface area contributed by atoms with E-state index in [1.807, 2.05) is 30.5 Å². The zero-order valence-electron chi connectivity index (χ0n) is 15.2. The fourth-order valence-electron chi connectivity index (χ4n) is 2.54. The van der Waals surface area contributed by atoms with Crippen molar-refractivity contribution in [2.24, 2.45) is 0 Å². The van der Waals surface area contributed by atoms with Crippen molar-refractivity contribution < 1.29 is 4.79 Å². The summed E-state index contributed by atoms with van der Waals surface area (Å²) in [6, 6.07) is 5.70. The number of nitrogens with zero attached hydrogens (tertiary/aromatic N) is 6. The molecule has 0 aliphatic heterocycles. The van der Waals surface area contributed by atoms with E-state index in [0.717, 1.165) is 11.4 Å². The van der Waals surface area contributed by atoms with Gasteiger partial charge in [-0.05, 0) is 26.0 Å². The van der Waals surface area contributed by atoms with Gasteiger partial charge < -0.3 is 5.32 Å². The van der Waals surface area contributed by atoms with Crippen molar-refractivity contribution in [2.75, 3.05) is 11.1 Å². The quantitative estimate of drug-likeness (QED) is 0.475. The lowest BCUT2D eigenvalue weighted by atomic mass is 10.2. The number of allylic oxidation sites excluding steroid dienone is 1. The number of hydrogen-bond donors (Lipinski definition) is 1. The van der Waals surface area contributed by atoms with Crippen molar-refractivity contribution in [3.05, 3.63) is 49.4 Å². The zero-order valence-corrected chi connectivity index (χ0v) is 16.1. The van der Waals surface area contributed by atoms with Crippen LogP contribution in [0.4, 0.5) is 5.82 Å². The van der Waals surface area contributed by atoms with Crippen LogP contribution in [-0.4, -0.2) is 41.2 Å². The van der Waals surface area contributed by atoms with Gasteiger partial charge in [-0.25, -0.2) is 4.68 Å². The summed E-state index contributed by atoms with van der Waals surface area (Å²) >= 11 is 1.33. The Hall–Kier alpha value is -2.94. The van der Waals surface area contributed by atoms with Gasteiger partial charge in [0.05, 0.1) is 11.9 Å². The van der Waals surface area contributed by atoms with Gasteiger partial charge in [0.25, 0.3) is 0 Å². The highest BCUT2D eigenvalue weighted by molar-refractivity contribution is 7.99. The number of aromatic nitrogens is 6. The molecule has 0 spiro atoms. The second kappa shape index (κ2) is 8.63. The number of pyridine rings is 1. The minimum absolute atomic E-state index is 0.124. The van der Waals surface area contributed by atoms with Crippen LogP contribution in [-0.2, 0) is 11.3 Å². The number of carbonyl (C=O) groups excluding carboxylic acids is 1. The number of rotatable bonds is 8. The van der Waals surface area contributed by atoms with Gasteiger partial charge in [0, 0.05) is 36.6 Å². The molecule has 1 amide bonds. The number of anilines is 1. The zero-order chi connectivity index (χ0) is 19.2. The average Bonchev–Trinajstić information content (AvgIpc) is 3.28. The summed E-state index contributed by atoms with van der Waals surface area (Å²) < 4.78 is 3.70. The molecule has 3 aromatic rings. The van der Waals surface area contributed by atoms with Crippen LogP contribution in [0.1, 0.15) is 19.9 Å². The van der Waals surface area contributed by atoms with Crippen LogP contribution < -0.4 is 5.32 Å². The van der Waals surface area contributed by atoms with Crippen LogP contribution in [0, 0.1) is 0 Å². The molecule has 3 heterocycles. The van der Waals surface area contributed by atoms with E-state index in [1.165, 1.54) is 11.8 Å². The predicted octanol–water partition coefficient (Wildman–Crippen LogP) is 3.03. The molecule has 0 saturated carbocycles. The van der Waals surface area contributed by atoms with E-state index in [-0.39, 0.29) is 17.7 Å². The molecule has 0 saturated heterocycles. The monoisotopic (exact) mass is 383 g/mol. The Balaban J connectivity index is 1.70. The summed E-state index contributed by atoms with van der Waals surface area (Å²) in [7, 11) is 0. The minimum Gasteiger partial charge on any atom is -0.310 e. The standard InChI is InChI=1S/C18H21N7OS/c1-4-11-24-17(14-5-8-19-9-6-14)22-23-18(24)27-12-16(26)21-15-7-10-20-25(15)13(2)3/h4-10,13H,1,11-12H2,2-3H3,(H,21,26). The molecule has 140 valence electrons. The molecular weight excluding hydrogens is 362 g/mol. The molecule has 0 atom stereocenters. The number of amides is 1. The van der Waals surface area contributed by atoms with E-state index in [2.05, 4.69) is 32.2 Å². The van der Waals surface area contributed by atoms with Crippen molar-refractivity contribution in [2.45, 2.75) is 31.6 Å². The van der Waals surface area contributed by atoms with E-state index in [1.54, 1.807) is 35.4 Å². The molecule has 0 radical (unpaired) electrons. The summed E-state index contributed by atoms with van der Waals surface area (Å²) in [5.74, 6) is 1.49. The van der Waals surface area contributed by atoms with Crippen molar-refractivity contribution >= 4 is 23.5 Å². The van der Waals surface area contributed by atoms with Gasteiger partial charge in [-0.2, -0.15) is 5.10 Å². The molecule has 3 aromatic heterocycles. The smallest absolute Gasteiger partial charge is 0.235 e. The Morgan fingerprint density at radius 3 is 2.74 bits per heavy atom. The van der Waals surface area contributed by atoms with Crippen molar-refractivity contribution in [1.82, 2.24) is 29.5 Å². The van der Waals surface area contributed by atoms with Crippen LogP contribution in [0.2, 0.25) is 0 Å². The fourth-order valence-corrected chi connectivity index (χ4v) is 3.29. The largest absolute Gasteiger partial charge is 0.310 e. The first kappa shape index (κ1) is 18.8. The van der Waals surface area contributed by atoms with E-state index < -0.39 is 0 Å². The number of nitrogens with one attached hydrogen (secondary N) is 1. The Kier molecular flexibility index (Phi) is 6.02. The summed E-state index contributed by atoms with van der Waals surface area (Å²) in [6.45, 7) is 8.37. The highest BCUT2D eigenvalue weighted by Gasteiger charge is 2.16. The molecule has 3 rings (SSSR count). The third kappa shape index (κ3) is 4.43. The van der Waals surface area contributed by atoms with Gasteiger partial charge in [0.15, 0.2) is 11.0 Å². The minimum atomic E-state index is -0.124. The topological polar surface area (TPSA) is 90.5 Å². The van der Waals surface area contributed by atoms with Gasteiger partial charge in [0.1, 0.15) is 5.82 Å². The lowest BCUT2D eigenvalue weighted by Crippen LogP contribution is -2.18. The van der Waals surface area contributed by atoms with Crippen molar-refractivity contribution in [1.29, 1.82) is 0 Å². The summed E-state index contributed by atoms with van der Waals surface area (Å²) in [5, 5.41) is 16.3. The molecule has 0 fully saturated rings. The first-order chi connectivity index (χ1) is 13.1. The third-order valence-electron chi connectivity index (χ3n) is 3.73. The van der Waals surface area contributed by atoms with Crippen LogP contribution in [0.25, 0.3) is 11.4 Å². The lowest BCUT2D eigenvalue weighted by molar-refractivity contribution is -0.113. The van der Waals surface area contributed by atoms with Crippen molar-refractivity contribution in [3.8, 4) is 11.4 Å². The second-order valence-electron chi connectivity index (χ2n) is 6.03. The summed E-state index contributed by atoms with van der Waals surface area (Å²) in [4.78, 5) is 16.4. The highest BCUT2D eigenvalue weighted by Crippen LogP contribution is 2.24. The molecule has 0 unspecified atom stereocenters. The molecule has 0 bridgehead atoms. The fraction of sp³-hybridized carbons (Fsp3) is 0.278. The Labute approximate surface area is 161 Å². The lowest BCUT2D eigenvalue weighted by Gasteiger charge is -2.11. The number of thioether (sulfide) groups is 1. The molecular formula is C18H21N7OS. The van der Waals surface area contributed by atoms with Gasteiger partial charge in [-0.3, -0.25) is 14.3 Å². The maximum absolute atomic E-state index is 12.3. The van der Waals surface area contributed by atoms with Crippen LogP contribution in [0.15, 0.2) is 54.6 Å². The van der Waals surface area contributed by atoms with E-state index in [4.69, 9.17) is 0 Å². The van der Waals surface area contributed by atoms with Crippen LogP contribution >= 0.6 is 11.8 Å². The predicted molar refractivity (Wildman–Crippen MR) is 105 cm³/mol. The Morgan fingerprint density at radius 2 is 2.04 bits per heavy atom. The Bertz CT molecular complexity index is 917. The first-order valence-electron chi connectivity index (χ1n) is 8.50. The van der Waals surface area contributed by atoms with Crippen molar-refractivity contribution in [3.63, 3.8) is 0 Å². The van der Waals surface area contributed by atoms with E-state index >= 15 is 0 Å². The normalized spacial score (nSPS) is 10.9. The maximum Gasteiger partial charge on any atom is 0.235 e. The van der Waals surface area contributed by atoms with Gasteiger partial charge in [-0.1, -0.05) is 17.8 Å².